The molecule has 12 nitrogen and oxygen atoms in total. The van der Waals surface area contributed by atoms with Gasteiger partial charge in [0.25, 0.3) is 0 Å². The zero-order valence-corrected chi connectivity index (χ0v) is 20.1. The number of carboxylic acids is 1. The average molecular weight is 514 g/mol. The Morgan fingerprint density at radius 1 is 0.784 bits per heavy atom. The Morgan fingerprint density at radius 2 is 1.38 bits per heavy atom. The van der Waals surface area contributed by atoms with Gasteiger partial charge >= 0.3 is 5.97 Å². The van der Waals surface area contributed by atoms with Crippen molar-refractivity contribution in [1.29, 1.82) is 0 Å². The standard InChI is InChI=1S/C25H31N5O7/c26-18(12-15-4-2-1-3-5-15)23(35)30-20(13-16-6-8-17(31)9-7-16)25(37)29-19(10-11-21(27)32)24(36)28-14-22(33)34/h1-9,18-20,31H,10-14,26H2,(H2,27,32)(H,28,36)(H,29,37)(H,30,35)(H,33,34). The number of carbonyl (C=O) groups excluding carboxylic acids is 4. The first kappa shape index (κ1) is 28.8. The molecule has 3 unspecified atom stereocenters. The maximum atomic E-state index is 13.2. The van der Waals surface area contributed by atoms with Crippen LogP contribution in [0.3, 0.4) is 0 Å². The highest BCUT2D eigenvalue weighted by atomic mass is 16.4. The zero-order valence-electron chi connectivity index (χ0n) is 20.1. The number of aromatic hydroxyl groups is 1. The molecule has 2 aromatic carbocycles. The van der Waals surface area contributed by atoms with E-state index in [0.29, 0.717) is 5.56 Å². The van der Waals surface area contributed by atoms with Gasteiger partial charge in [0.2, 0.25) is 23.6 Å². The Kier molecular flexibility index (Phi) is 11.0. The van der Waals surface area contributed by atoms with Crippen molar-refractivity contribution >= 4 is 29.6 Å². The molecule has 0 radical (unpaired) electrons. The normalized spacial score (nSPS) is 13.0. The van der Waals surface area contributed by atoms with E-state index in [1.165, 1.54) is 12.1 Å². The number of hydrogen-bond donors (Lipinski definition) is 7. The number of nitrogens with two attached hydrogens (primary N) is 2. The second kappa shape index (κ2) is 14.2. The van der Waals surface area contributed by atoms with Crippen molar-refractivity contribution in [2.75, 3.05) is 6.54 Å². The second-order valence-corrected chi connectivity index (χ2v) is 8.41. The topological polar surface area (TPSA) is 214 Å². The van der Waals surface area contributed by atoms with Crippen LogP contribution in [0.25, 0.3) is 0 Å². The fourth-order valence-electron chi connectivity index (χ4n) is 3.43. The minimum Gasteiger partial charge on any atom is -0.508 e. The number of phenols is 1. The summed E-state index contributed by atoms with van der Waals surface area (Å²) in [7, 11) is 0. The van der Waals surface area contributed by atoms with E-state index in [-0.39, 0.29) is 31.4 Å². The van der Waals surface area contributed by atoms with Crippen LogP contribution in [0.4, 0.5) is 0 Å². The van der Waals surface area contributed by atoms with Gasteiger partial charge in [-0.2, -0.15) is 0 Å². The number of aliphatic carboxylic acids is 1. The number of primary amides is 1. The number of rotatable bonds is 14. The van der Waals surface area contributed by atoms with E-state index in [1.54, 1.807) is 12.1 Å². The summed E-state index contributed by atoms with van der Waals surface area (Å²) in [5.41, 5.74) is 12.6. The summed E-state index contributed by atoms with van der Waals surface area (Å²) in [5.74, 6) is -4.18. The minimum atomic E-state index is -1.29. The molecule has 0 saturated heterocycles. The highest BCUT2D eigenvalue weighted by Gasteiger charge is 2.29. The van der Waals surface area contributed by atoms with Gasteiger partial charge in [0, 0.05) is 12.8 Å². The molecule has 2 rings (SSSR count). The molecule has 0 heterocycles. The molecule has 2 aromatic rings. The predicted molar refractivity (Wildman–Crippen MR) is 133 cm³/mol. The molecular formula is C25H31N5O7. The molecule has 12 heteroatoms. The fraction of sp³-hybridized carbons (Fsp3) is 0.320. The third kappa shape index (κ3) is 10.4. The maximum absolute atomic E-state index is 13.2. The van der Waals surface area contributed by atoms with Crippen LogP contribution in [-0.2, 0) is 36.8 Å². The predicted octanol–water partition coefficient (Wildman–Crippen LogP) is -1.06. The smallest absolute Gasteiger partial charge is 0.322 e. The lowest BCUT2D eigenvalue weighted by Crippen LogP contribution is -2.57. The van der Waals surface area contributed by atoms with Crippen LogP contribution in [0.2, 0.25) is 0 Å². The van der Waals surface area contributed by atoms with E-state index in [9.17, 15) is 29.1 Å². The molecule has 0 bridgehead atoms. The van der Waals surface area contributed by atoms with Crippen molar-refractivity contribution in [3.63, 3.8) is 0 Å². The summed E-state index contributed by atoms with van der Waals surface area (Å²) in [6.07, 6.45) is -0.212. The fourth-order valence-corrected chi connectivity index (χ4v) is 3.43. The van der Waals surface area contributed by atoms with Crippen LogP contribution in [0.5, 0.6) is 5.75 Å². The van der Waals surface area contributed by atoms with Crippen LogP contribution >= 0.6 is 0 Å². The van der Waals surface area contributed by atoms with Gasteiger partial charge in [-0.1, -0.05) is 42.5 Å². The van der Waals surface area contributed by atoms with E-state index in [0.717, 1.165) is 5.56 Å². The van der Waals surface area contributed by atoms with E-state index in [1.807, 2.05) is 30.3 Å². The molecule has 0 aliphatic carbocycles. The number of nitrogens with one attached hydrogen (secondary N) is 3. The Bertz CT molecular complexity index is 1090. The molecule has 0 saturated carbocycles. The molecular weight excluding hydrogens is 482 g/mol. The number of benzene rings is 2. The van der Waals surface area contributed by atoms with Crippen molar-refractivity contribution in [3.8, 4) is 5.75 Å². The van der Waals surface area contributed by atoms with Crippen LogP contribution in [0.1, 0.15) is 24.0 Å². The molecule has 37 heavy (non-hydrogen) atoms. The van der Waals surface area contributed by atoms with Crippen molar-refractivity contribution in [1.82, 2.24) is 16.0 Å². The molecule has 0 aliphatic heterocycles. The molecule has 4 amide bonds. The van der Waals surface area contributed by atoms with Gasteiger partial charge in [-0.05, 0) is 36.1 Å². The van der Waals surface area contributed by atoms with E-state index in [4.69, 9.17) is 16.6 Å². The highest BCUT2D eigenvalue weighted by molar-refractivity contribution is 5.94. The van der Waals surface area contributed by atoms with E-state index in [2.05, 4.69) is 16.0 Å². The Labute approximate surface area is 213 Å². The van der Waals surface area contributed by atoms with Gasteiger partial charge in [-0.3, -0.25) is 24.0 Å². The zero-order chi connectivity index (χ0) is 27.4. The van der Waals surface area contributed by atoms with Gasteiger partial charge in [0.15, 0.2) is 0 Å². The lowest BCUT2D eigenvalue weighted by atomic mass is 10.0. The van der Waals surface area contributed by atoms with Crippen molar-refractivity contribution < 1.29 is 34.2 Å². The Balaban J connectivity index is 2.19. The molecule has 0 aromatic heterocycles. The first-order valence-corrected chi connectivity index (χ1v) is 11.5. The van der Waals surface area contributed by atoms with Crippen LogP contribution in [0, 0.1) is 0 Å². The number of hydrogen-bond acceptors (Lipinski definition) is 7. The largest absolute Gasteiger partial charge is 0.508 e. The van der Waals surface area contributed by atoms with E-state index >= 15 is 0 Å². The third-order valence-electron chi connectivity index (χ3n) is 5.37. The summed E-state index contributed by atoms with van der Waals surface area (Å²) in [6, 6.07) is 11.6. The molecule has 198 valence electrons. The monoisotopic (exact) mass is 513 g/mol. The maximum Gasteiger partial charge on any atom is 0.322 e. The molecule has 9 N–H and O–H groups in total. The minimum absolute atomic E-state index is 0.00477. The first-order valence-electron chi connectivity index (χ1n) is 11.5. The molecule has 0 fully saturated rings. The summed E-state index contributed by atoms with van der Waals surface area (Å²) in [4.78, 5) is 60.6. The van der Waals surface area contributed by atoms with Crippen molar-refractivity contribution in [2.45, 2.75) is 43.8 Å². The summed E-state index contributed by atoms with van der Waals surface area (Å²) >= 11 is 0. The third-order valence-corrected chi connectivity index (χ3v) is 5.37. The number of carbonyl (C=O) groups is 5. The Hall–Kier alpha value is -4.45. The van der Waals surface area contributed by atoms with Crippen molar-refractivity contribution in [3.05, 3.63) is 65.7 Å². The summed E-state index contributed by atoms with van der Waals surface area (Å²) in [6.45, 7) is -0.691. The number of phenolic OH excluding ortho intramolecular Hbond substituents is 1. The quantitative estimate of drug-likeness (QED) is 0.165. The van der Waals surface area contributed by atoms with Gasteiger partial charge in [0.05, 0.1) is 6.04 Å². The van der Waals surface area contributed by atoms with Crippen LogP contribution in [0.15, 0.2) is 54.6 Å². The molecule has 0 spiro atoms. The Morgan fingerprint density at radius 3 is 1.97 bits per heavy atom. The summed E-state index contributed by atoms with van der Waals surface area (Å²) < 4.78 is 0. The van der Waals surface area contributed by atoms with Gasteiger partial charge in [-0.15, -0.1) is 0 Å². The number of amides is 4. The molecule has 3 atom stereocenters. The van der Waals surface area contributed by atoms with Crippen LogP contribution in [-0.4, -0.2) is 64.5 Å². The molecule has 0 aliphatic rings. The highest BCUT2D eigenvalue weighted by Crippen LogP contribution is 2.12. The average Bonchev–Trinajstić information content (AvgIpc) is 2.86. The van der Waals surface area contributed by atoms with Gasteiger partial charge < -0.3 is 37.6 Å². The van der Waals surface area contributed by atoms with E-state index < -0.39 is 54.3 Å². The lowest BCUT2D eigenvalue weighted by Gasteiger charge is -2.24. The SMILES string of the molecule is NC(=O)CCC(NC(=O)C(Cc1ccc(O)cc1)NC(=O)C(N)Cc1ccccc1)C(=O)NCC(=O)O. The van der Waals surface area contributed by atoms with Gasteiger partial charge in [0.1, 0.15) is 24.4 Å². The lowest BCUT2D eigenvalue weighted by molar-refractivity contribution is -0.138. The first-order chi connectivity index (χ1) is 17.5. The van der Waals surface area contributed by atoms with Gasteiger partial charge in [-0.25, -0.2) is 0 Å². The number of carboxylic acid groups (broad SMARTS) is 1. The van der Waals surface area contributed by atoms with Crippen LogP contribution < -0.4 is 27.4 Å². The van der Waals surface area contributed by atoms with Crippen molar-refractivity contribution in [2.24, 2.45) is 11.5 Å². The summed E-state index contributed by atoms with van der Waals surface area (Å²) in [5, 5.41) is 25.6. The second-order valence-electron chi connectivity index (χ2n) is 8.41.